The Balaban J connectivity index is 1.73. The van der Waals surface area contributed by atoms with Gasteiger partial charge in [0.05, 0.1) is 15.9 Å². The van der Waals surface area contributed by atoms with Crippen LogP contribution in [0.25, 0.3) is 0 Å². The Kier molecular flexibility index (Phi) is 3.58. The lowest BCUT2D eigenvalue weighted by Crippen LogP contribution is -2.09. The molecule has 114 valence electrons. The normalized spacial score (nSPS) is 25.7. The molecular weight excluding hydrogens is 288 g/mol. The molecule has 3 atom stereocenters. The molecule has 0 aromatic heterocycles. The van der Waals surface area contributed by atoms with E-state index in [1.807, 2.05) is 0 Å². The number of nitrogens with zero attached hydrogens (tertiary/aromatic N) is 3. The van der Waals surface area contributed by atoms with E-state index in [0.29, 0.717) is 17.8 Å². The van der Waals surface area contributed by atoms with Gasteiger partial charge in [-0.2, -0.15) is 5.10 Å². The number of allylic oxidation sites excluding steroid dienone is 2. The van der Waals surface area contributed by atoms with Crippen LogP contribution in [0.15, 0.2) is 35.5 Å². The summed E-state index contributed by atoms with van der Waals surface area (Å²) in [6.45, 7) is 0. The Labute approximate surface area is 125 Å². The molecule has 8 nitrogen and oxygen atoms in total. The molecule has 1 N–H and O–H groups in total. The van der Waals surface area contributed by atoms with Gasteiger partial charge in [0.15, 0.2) is 0 Å². The largest absolute Gasteiger partial charge is 0.301 e. The highest BCUT2D eigenvalue weighted by Crippen LogP contribution is 2.42. The third-order valence-corrected chi connectivity index (χ3v) is 4.17. The fourth-order valence-corrected chi connectivity index (χ4v) is 3.08. The van der Waals surface area contributed by atoms with E-state index in [-0.39, 0.29) is 17.1 Å². The van der Waals surface area contributed by atoms with Crippen LogP contribution >= 0.6 is 0 Å². The molecule has 0 unspecified atom stereocenters. The number of non-ortho nitro benzene ring substituents is 1. The molecule has 3 rings (SSSR count). The number of anilines is 1. The highest BCUT2D eigenvalue weighted by Gasteiger charge is 2.34. The molecule has 0 spiro atoms. The molecule has 1 aromatic rings. The van der Waals surface area contributed by atoms with Crippen molar-refractivity contribution in [1.29, 1.82) is 0 Å². The van der Waals surface area contributed by atoms with Crippen molar-refractivity contribution in [3.05, 3.63) is 50.6 Å². The molecular formula is C14H14N4O4. The Bertz CT molecular complexity index is 685. The summed E-state index contributed by atoms with van der Waals surface area (Å²) < 4.78 is 0. The lowest BCUT2D eigenvalue weighted by atomic mass is 9.95. The van der Waals surface area contributed by atoms with E-state index in [4.69, 9.17) is 0 Å². The predicted molar refractivity (Wildman–Crippen MR) is 80.7 cm³/mol. The molecule has 1 aromatic carbocycles. The van der Waals surface area contributed by atoms with Gasteiger partial charge in [0.25, 0.3) is 5.69 Å². The third kappa shape index (κ3) is 2.67. The van der Waals surface area contributed by atoms with E-state index in [1.165, 1.54) is 12.1 Å². The molecule has 1 fully saturated rings. The highest BCUT2D eigenvalue weighted by molar-refractivity contribution is 5.69. The number of hydrogen-bond acceptors (Lipinski definition) is 6. The van der Waals surface area contributed by atoms with Crippen molar-refractivity contribution in [3.8, 4) is 0 Å². The first kappa shape index (κ1) is 14.2. The van der Waals surface area contributed by atoms with Gasteiger partial charge in [-0.05, 0) is 30.7 Å². The second kappa shape index (κ2) is 5.55. The molecule has 2 bridgehead atoms. The van der Waals surface area contributed by atoms with Crippen molar-refractivity contribution < 1.29 is 9.85 Å². The van der Waals surface area contributed by atoms with E-state index in [1.54, 1.807) is 6.21 Å². The molecule has 2 aliphatic carbocycles. The second-order valence-electron chi connectivity index (χ2n) is 5.55. The van der Waals surface area contributed by atoms with Gasteiger partial charge >= 0.3 is 5.69 Å². The predicted octanol–water partition coefficient (Wildman–Crippen LogP) is 3.11. The minimum atomic E-state index is -0.665. The first-order chi connectivity index (χ1) is 10.5. The van der Waals surface area contributed by atoms with Gasteiger partial charge in [0.2, 0.25) is 0 Å². The van der Waals surface area contributed by atoms with Crippen LogP contribution in [0.1, 0.15) is 12.8 Å². The minimum Gasteiger partial charge on any atom is -0.272 e. The fourth-order valence-electron chi connectivity index (χ4n) is 3.08. The van der Waals surface area contributed by atoms with Crippen molar-refractivity contribution in [3.63, 3.8) is 0 Å². The van der Waals surface area contributed by atoms with Gasteiger partial charge in [-0.15, -0.1) is 0 Å². The number of nitrogens with one attached hydrogen (secondary N) is 1. The number of nitro groups is 2. The fraction of sp³-hybridized carbons (Fsp3) is 0.357. The number of fused-ring (bicyclic) bond motifs is 2. The number of rotatable bonds is 5. The number of benzene rings is 1. The topological polar surface area (TPSA) is 111 Å². The molecule has 8 heteroatoms. The zero-order valence-electron chi connectivity index (χ0n) is 11.6. The summed E-state index contributed by atoms with van der Waals surface area (Å²) in [5.74, 6) is 1.47. The van der Waals surface area contributed by atoms with Gasteiger partial charge < -0.3 is 0 Å². The number of nitro benzene ring substituents is 2. The van der Waals surface area contributed by atoms with Crippen molar-refractivity contribution in [2.45, 2.75) is 12.8 Å². The van der Waals surface area contributed by atoms with E-state index >= 15 is 0 Å². The smallest absolute Gasteiger partial charge is 0.272 e. The van der Waals surface area contributed by atoms with Crippen LogP contribution in [0, 0.1) is 38.0 Å². The van der Waals surface area contributed by atoms with Crippen LogP contribution in [0.3, 0.4) is 0 Å². The standard InChI is InChI=1S/C14H14N4O4/c19-17(20)12-3-4-13(14(7-12)18(21)22)16-15-8-11-6-9-1-2-10(11)5-9/h1-4,7-11,16H,5-6H2/b15-8+/t9-,10+,11+/m0/s1. The van der Waals surface area contributed by atoms with E-state index in [9.17, 15) is 20.2 Å². The molecule has 0 amide bonds. The summed E-state index contributed by atoms with van der Waals surface area (Å²) in [5, 5.41) is 25.8. The van der Waals surface area contributed by atoms with Crippen LogP contribution in [-0.4, -0.2) is 16.1 Å². The van der Waals surface area contributed by atoms with E-state index < -0.39 is 9.85 Å². The monoisotopic (exact) mass is 302 g/mol. The van der Waals surface area contributed by atoms with Gasteiger partial charge in [-0.1, -0.05) is 12.2 Å². The van der Waals surface area contributed by atoms with Gasteiger partial charge in [0, 0.05) is 18.2 Å². The quantitative estimate of drug-likeness (QED) is 0.389. The average Bonchev–Trinajstić information content (AvgIpc) is 3.09. The number of hydrazone groups is 1. The van der Waals surface area contributed by atoms with Gasteiger partial charge in [0.1, 0.15) is 5.69 Å². The van der Waals surface area contributed by atoms with Crippen LogP contribution in [0.2, 0.25) is 0 Å². The first-order valence-corrected chi connectivity index (χ1v) is 6.95. The Morgan fingerprint density at radius 1 is 1.18 bits per heavy atom. The summed E-state index contributed by atoms with van der Waals surface area (Å²) in [6.07, 6.45) is 8.39. The summed E-state index contributed by atoms with van der Waals surface area (Å²) >= 11 is 0. The first-order valence-electron chi connectivity index (χ1n) is 6.95. The minimum absolute atomic E-state index is 0.144. The molecule has 22 heavy (non-hydrogen) atoms. The maximum absolute atomic E-state index is 11.0. The molecule has 0 saturated heterocycles. The lowest BCUT2D eigenvalue weighted by Gasteiger charge is -2.12. The van der Waals surface area contributed by atoms with Crippen LogP contribution in [-0.2, 0) is 0 Å². The Morgan fingerprint density at radius 3 is 2.59 bits per heavy atom. The molecule has 0 aliphatic heterocycles. The lowest BCUT2D eigenvalue weighted by molar-refractivity contribution is -0.393. The number of hydrogen-bond donors (Lipinski definition) is 1. The van der Waals surface area contributed by atoms with Crippen molar-refractivity contribution in [2.24, 2.45) is 22.9 Å². The zero-order valence-corrected chi connectivity index (χ0v) is 11.6. The molecule has 2 aliphatic rings. The SMILES string of the molecule is O=[N+]([O-])c1ccc(N/N=C/[C@H]2C[C@H]3C=C[C@@H]2C3)c([N+](=O)[O-])c1. The summed E-state index contributed by atoms with van der Waals surface area (Å²) in [6, 6.07) is 3.44. The molecule has 1 saturated carbocycles. The maximum Gasteiger partial charge on any atom is 0.301 e. The van der Waals surface area contributed by atoms with Crippen molar-refractivity contribution >= 4 is 23.3 Å². The van der Waals surface area contributed by atoms with Crippen molar-refractivity contribution in [1.82, 2.24) is 0 Å². The summed E-state index contributed by atoms with van der Waals surface area (Å²) in [4.78, 5) is 20.4. The van der Waals surface area contributed by atoms with Gasteiger partial charge in [-0.25, -0.2) is 0 Å². The second-order valence-corrected chi connectivity index (χ2v) is 5.55. The van der Waals surface area contributed by atoms with Crippen LogP contribution < -0.4 is 5.43 Å². The molecule has 0 heterocycles. The summed E-state index contributed by atoms with van der Waals surface area (Å²) in [5.41, 5.74) is 2.09. The Hall–Kier alpha value is -2.77. The molecule has 0 radical (unpaired) electrons. The van der Waals surface area contributed by atoms with Crippen molar-refractivity contribution in [2.75, 3.05) is 5.43 Å². The summed E-state index contributed by atoms with van der Waals surface area (Å²) in [7, 11) is 0. The third-order valence-electron chi connectivity index (χ3n) is 4.17. The van der Waals surface area contributed by atoms with E-state index in [2.05, 4.69) is 22.7 Å². The van der Waals surface area contributed by atoms with E-state index in [0.717, 1.165) is 18.9 Å². The Morgan fingerprint density at radius 2 is 2.00 bits per heavy atom. The average molecular weight is 302 g/mol. The maximum atomic E-state index is 11.0. The highest BCUT2D eigenvalue weighted by atomic mass is 16.6. The van der Waals surface area contributed by atoms with Gasteiger partial charge in [-0.3, -0.25) is 25.7 Å². The van der Waals surface area contributed by atoms with Crippen LogP contribution in [0.5, 0.6) is 0 Å². The zero-order chi connectivity index (χ0) is 15.7. The van der Waals surface area contributed by atoms with Crippen LogP contribution in [0.4, 0.5) is 17.1 Å².